The van der Waals surface area contributed by atoms with Gasteiger partial charge in [-0.25, -0.2) is 0 Å². The summed E-state index contributed by atoms with van der Waals surface area (Å²) >= 11 is 3.38. The Kier molecular flexibility index (Phi) is 5.40. The van der Waals surface area contributed by atoms with Crippen LogP contribution in [0.5, 0.6) is 0 Å². The van der Waals surface area contributed by atoms with E-state index in [-0.39, 0.29) is 24.5 Å². The fourth-order valence-electron chi connectivity index (χ4n) is 2.66. The van der Waals surface area contributed by atoms with Crippen molar-refractivity contribution in [2.75, 3.05) is 6.61 Å². The normalized spacial score (nSPS) is 23.1. The van der Waals surface area contributed by atoms with E-state index < -0.39 is 0 Å². The van der Waals surface area contributed by atoms with Crippen LogP contribution in [-0.2, 0) is 11.2 Å². The first kappa shape index (κ1) is 14.5. The second-order valence-corrected chi connectivity index (χ2v) is 6.12. The van der Waals surface area contributed by atoms with Crippen LogP contribution in [0.4, 0.5) is 0 Å². The number of hydrogen-bond donors (Lipinski definition) is 2. The predicted octanol–water partition coefficient (Wildman–Crippen LogP) is 2.66. The summed E-state index contributed by atoms with van der Waals surface area (Å²) in [5.74, 6) is 0.273. The molecule has 0 aliphatic heterocycles. The summed E-state index contributed by atoms with van der Waals surface area (Å²) in [5, 5.41) is 12.4. The van der Waals surface area contributed by atoms with Gasteiger partial charge in [-0.2, -0.15) is 0 Å². The van der Waals surface area contributed by atoms with Gasteiger partial charge in [0.05, 0.1) is 6.42 Å². The molecule has 0 radical (unpaired) electrons. The molecule has 0 saturated heterocycles. The third-order valence-corrected chi connectivity index (χ3v) is 4.30. The Morgan fingerprint density at radius 3 is 2.63 bits per heavy atom. The van der Waals surface area contributed by atoms with E-state index in [0.717, 1.165) is 35.7 Å². The molecule has 104 valence electrons. The molecule has 2 N–H and O–H groups in total. The average molecular weight is 326 g/mol. The second-order valence-electron chi connectivity index (χ2n) is 5.20. The van der Waals surface area contributed by atoms with Crippen LogP contribution in [0.3, 0.4) is 0 Å². The third-order valence-electron chi connectivity index (χ3n) is 3.77. The van der Waals surface area contributed by atoms with Crippen molar-refractivity contribution in [3.05, 3.63) is 34.3 Å². The molecule has 1 amide bonds. The van der Waals surface area contributed by atoms with Crippen LogP contribution in [0, 0.1) is 5.92 Å². The summed E-state index contributed by atoms with van der Waals surface area (Å²) < 4.78 is 1.02. The molecule has 4 heteroatoms. The van der Waals surface area contributed by atoms with Crippen LogP contribution >= 0.6 is 15.9 Å². The molecule has 1 fully saturated rings. The maximum absolute atomic E-state index is 12.0. The maximum Gasteiger partial charge on any atom is 0.224 e. The van der Waals surface area contributed by atoms with E-state index in [0.29, 0.717) is 6.42 Å². The molecular weight excluding hydrogens is 306 g/mol. The number of carbonyl (C=O) groups is 1. The zero-order valence-corrected chi connectivity index (χ0v) is 12.5. The highest BCUT2D eigenvalue weighted by atomic mass is 79.9. The average Bonchev–Trinajstić information content (AvgIpc) is 2.42. The lowest BCUT2D eigenvalue weighted by Gasteiger charge is -2.30. The summed E-state index contributed by atoms with van der Waals surface area (Å²) in [7, 11) is 0. The molecule has 0 spiro atoms. The van der Waals surface area contributed by atoms with E-state index in [1.54, 1.807) is 0 Å². The number of amides is 1. The molecule has 1 saturated carbocycles. The molecule has 0 aromatic heterocycles. The standard InChI is InChI=1S/C15H20BrNO2/c16-13-7-5-11(6-8-13)9-15(19)17-14-4-2-1-3-12(14)10-18/h5-8,12,14,18H,1-4,9-10H2,(H,17,19). The highest BCUT2D eigenvalue weighted by molar-refractivity contribution is 9.10. The summed E-state index contributed by atoms with van der Waals surface area (Å²) in [6, 6.07) is 7.93. The van der Waals surface area contributed by atoms with Crippen molar-refractivity contribution < 1.29 is 9.90 Å². The summed E-state index contributed by atoms with van der Waals surface area (Å²) in [4.78, 5) is 12.0. The topological polar surface area (TPSA) is 49.3 Å². The monoisotopic (exact) mass is 325 g/mol. The minimum atomic E-state index is 0.0488. The van der Waals surface area contributed by atoms with Crippen molar-refractivity contribution in [2.24, 2.45) is 5.92 Å². The van der Waals surface area contributed by atoms with Crippen molar-refractivity contribution in [1.29, 1.82) is 0 Å². The van der Waals surface area contributed by atoms with Gasteiger partial charge in [0.2, 0.25) is 5.91 Å². The zero-order valence-electron chi connectivity index (χ0n) is 10.9. The lowest BCUT2D eigenvalue weighted by Crippen LogP contribution is -2.44. The second kappa shape index (κ2) is 7.06. The predicted molar refractivity (Wildman–Crippen MR) is 78.8 cm³/mol. The minimum absolute atomic E-state index is 0.0488. The molecule has 1 aliphatic carbocycles. The van der Waals surface area contributed by atoms with Crippen LogP contribution in [0.15, 0.2) is 28.7 Å². The molecule has 19 heavy (non-hydrogen) atoms. The Hall–Kier alpha value is -0.870. The van der Waals surface area contributed by atoms with E-state index in [2.05, 4.69) is 21.2 Å². The SMILES string of the molecule is O=C(Cc1ccc(Br)cc1)NC1CCCCC1CO. The van der Waals surface area contributed by atoms with Gasteiger partial charge >= 0.3 is 0 Å². The van der Waals surface area contributed by atoms with Gasteiger partial charge in [0.25, 0.3) is 0 Å². The largest absolute Gasteiger partial charge is 0.396 e. The zero-order chi connectivity index (χ0) is 13.7. The summed E-state index contributed by atoms with van der Waals surface area (Å²) in [5.41, 5.74) is 1.01. The number of carbonyl (C=O) groups excluding carboxylic acids is 1. The number of benzene rings is 1. The van der Waals surface area contributed by atoms with E-state index >= 15 is 0 Å². The Morgan fingerprint density at radius 2 is 1.95 bits per heavy atom. The maximum atomic E-state index is 12.0. The molecule has 3 nitrogen and oxygen atoms in total. The van der Waals surface area contributed by atoms with Crippen molar-refractivity contribution in [3.8, 4) is 0 Å². The highest BCUT2D eigenvalue weighted by Gasteiger charge is 2.25. The first-order valence-corrected chi connectivity index (χ1v) is 7.63. The van der Waals surface area contributed by atoms with E-state index in [4.69, 9.17) is 0 Å². The Bertz CT molecular complexity index is 419. The van der Waals surface area contributed by atoms with Gasteiger partial charge in [-0.15, -0.1) is 0 Å². The van der Waals surface area contributed by atoms with Gasteiger partial charge in [-0.3, -0.25) is 4.79 Å². The van der Waals surface area contributed by atoms with Crippen molar-refractivity contribution in [2.45, 2.75) is 38.1 Å². The van der Waals surface area contributed by atoms with Gasteiger partial charge in [-0.1, -0.05) is 40.9 Å². The number of rotatable bonds is 4. The number of hydrogen-bond acceptors (Lipinski definition) is 2. The van der Waals surface area contributed by atoms with Crippen LogP contribution in [-0.4, -0.2) is 23.7 Å². The molecule has 0 bridgehead atoms. The first-order chi connectivity index (χ1) is 9.19. The molecule has 1 aromatic rings. The lowest BCUT2D eigenvalue weighted by molar-refractivity contribution is -0.121. The lowest BCUT2D eigenvalue weighted by atomic mass is 9.85. The van der Waals surface area contributed by atoms with Crippen molar-refractivity contribution in [3.63, 3.8) is 0 Å². The van der Waals surface area contributed by atoms with Gasteiger partial charge in [0.1, 0.15) is 0 Å². The van der Waals surface area contributed by atoms with Gasteiger partial charge in [-0.05, 0) is 30.5 Å². The smallest absolute Gasteiger partial charge is 0.224 e. The fraction of sp³-hybridized carbons (Fsp3) is 0.533. The molecule has 2 atom stereocenters. The molecular formula is C15H20BrNO2. The number of aliphatic hydroxyl groups excluding tert-OH is 1. The number of aliphatic hydroxyl groups is 1. The Morgan fingerprint density at radius 1 is 1.26 bits per heavy atom. The molecule has 2 unspecified atom stereocenters. The molecule has 0 heterocycles. The van der Waals surface area contributed by atoms with Gasteiger partial charge < -0.3 is 10.4 Å². The highest BCUT2D eigenvalue weighted by Crippen LogP contribution is 2.24. The van der Waals surface area contributed by atoms with E-state index in [9.17, 15) is 9.90 Å². The Labute approximate surface area is 122 Å². The van der Waals surface area contributed by atoms with Crippen LogP contribution in [0.1, 0.15) is 31.2 Å². The van der Waals surface area contributed by atoms with E-state index in [1.165, 1.54) is 0 Å². The van der Waals surface area contributed by atoms with Crippen molar-refractivity contribution in [1.82, 2.24) is 5.32 Å². The summed E-state index contributed by atoms with van der Waals surface area (Å²) in [6.07, 6.45) is 4.70. The number of nitrogens with one attached hydrogen (secondary N) is 1. The quantitative estimate of drug-likeness (QED) is 0.894. The van der Waals surface area contributed by atoms with Crippen LogP contribution < -0.4 is 5.32 Å². The third kappa shape index (κ3) is 4.32. The Balaban J connectivity index is 1.88. The van der Waals surface area contributed by atoms with Crippen LogP contribution in [0.25, 0.3) is 0 Å². The van der Waals surface area contributed by atoms with Crippen LogP contribution in [0.2, 0.25) is 0 Å². The van der Waals surface area contributed by atoms with Gasteiger partial charge in [0, 0.05) is 23.0 Å². The molecule has 2 rings (SSSR count). The van der Waals surface area contributed by atoms with Gasteiger partial charge in [0.15, 0.2) is 0 Å². The minimum Gasteiger partial charge on any atom is -0.396 e. The van der Waals surface area contributed by atoms with Crippen molar-refractivity contribution >= 4 is 21.8 Å². The fourth-order valence-corrected chi connectivity index (χ4v) is 2.93. The molecule has 1 aromatic carbocycles. The summed E-state index contributed by atoms with van der Waals surface area (Å²) in [6.45, 7) is 0.170. The molecule has 1 aliphatic rings. The number of halogens is 1. The van der Waals surface area contributed by atoms with E-state index in [1.807, 2.05) is 24.3 Å². The first-order valence-electron chi connectivity index (χ1n) is 6.83.